The van der Waals surface area contributed by atoms with Crippen molar-refractivity contribution in [1.82, 2.24) is 4.90 Å². The van der Waals surface area contributed by atoms with Crippen LogP contribution in [-0.2, 0) is 14.3 Å². The Kier molecular flexibility index (Phi) is 6.03. The SMILES string of the molecule is CCN(C(=O)C1CCCCCCC1)C1COCC1C(=O)O. The maximum atomic E-state index is 12.8. The van der Waals surface area contributed by atoms with Gasteiger partial charge in [0, 0.05) is 12.5 Å². The topological polar surface area (TPSA) is 66.8 Å². The molecule has 1 amide bonds. The highest BCUT2D eigenvalue weighted by Gasteiger charge is 2.40. The van der Waals surface area contributed by atoms with Gasteiger partial charge in [-0.2, -0.15) is 0 Å². The van der Waals surface area contributed by atoms with Crippen molar-refractivity contribution in [2.45, 2.75) is 57.9 Å². The van der Waals surface area contributed by atoms with Crippen molar-refractivity contribution < 1.29 is 19.4 Å². The highest BCUT2D eigenvalue weighted by atomic mass is 16.5. The van der Waals surface area contributed by atoms with Crippen molar-refractivity contribution in [3.05, 3.63) is 0 Å². The Balaban J connectivity index is 2.04. The van der Waals surface area contributed by atoms with Crippen molar-refractivity contribution >= 4 is 11.9 Å². The molecule has 0 aromatic rings. The minimum Gasteiger partial charge on any atom is -0.481 e. The molecule has 2 fully saturated rings. The number of carbonyl (C=O) groups is 2. The van der Waals surface area contributed by atoms with Crippen molar-refractivity contribution in [3.8, 4) is 0 Å². The molecule has 2 rings (SSSR count). The van der Waals surface area contributed by atoms with Gasteiger partial charge in [-0.3, -0.25) is 9.59 Å². The van der Waals surface area contributed by atoms with E-state index >= 15 is 0 Å². The van der Waals surface area contributed by atoms with E-state index in [0.717, 1.165) is 25.7 Å². The lowest BCUT2D eigenvalue weighted by Crippen LogP contribution is -2.48. The van der Waals surface area contributed by atoms with E-state index < -0.39 is 11.9 Å². The van der Waals surface area contributed by atoms with Crippen molar-refractivity contribution in [2.24, 2.45) is 11.8 Å². The molecule has 21 heavy (non-hydrogen) atoms. The first kappa shape index (κ1) is 16.3. The number of carbonyl (C=O) groups excluding carboxylic acids is 1. The zero-order valence-electron chi connectivity index (χ0n) is 12.9. The third-order valence-electron chi connectivity index (χ3n) is 4.85. The number of hydrogen-bond acceptors (Lipinski definition) is 3. The molecule has 1 saturated carbocycles. The zero-order valence-corrected chi connectivity index (χ0v) is 12.9. The van der Waals surface area contributed by atoms with Crippen molar-refractivity contribution in [3.63, 3.8) is 0 Å². The van der Waals surface area contributed by atoms with Crippen LogP contribution in [0.25, 0.3) is 0 Å². The number of likely N-dealkylation sites (N-methyl/N-ethyl adjacent to an activating group) is 1. The van der Waals surface area contributed by atoms with E-state index in [-0.39, 0.29) is 24.5 Å². The lowest BCUT2D eigenvalue weighted by atomic mass is 9.89. The molecule has 2 atom stereocenters. The van der Waals surface area contributed by atoms with Crippen LogP contribution in [-0.4, -0.2) is 47.7 Å². The van der Waals surface area contributed by atoms with E-state index in [2.05, 4.69) is 0 Å². The number of ether oxygens (including phenoxy) is 1. The van der Waals surface area contributed by atoms with E-state index in [1.807, 2.05) is 6.92 Å². The molecule has 1 aliphatic heterocycles. The minimum atomic E-state index is -0.860. The third-order valence-corrected chi connectivity index (χ3v) is 4.85. The highest BCUT2D eigenvalue weighted by molar-refractivity contribution is 5.80. The van der Waals surface area contributed by atoms with Crippen molar-refractivity contribution in [1.29, 1.82) is 0 Å². The lowest BCUT2D eigenvalue weighted by molar-refractivity contribution is -0.146. The molecule has 5 heteroatoms. The van der Waals surface area contributed by atoms with E-state index in [4.69, 9.17) is 4.74 Å². The van der Waals surface area contributed by atoms with Crippen LogP contribution in [0.3, 0.4) is 0 Å². The van der Waals surface area contributed by atoms with Gasteiger partial charge in [-0.25, -0.2) is 0 Å². The van der Waals surface area contributed by atoms with Gasteiger partial charge in [0.05, 0.1) is 19.3 Å². The zero-order chi connectivity index (χ0) is 15.2. The maximum absolute atomic E-state index is 12.8. The average Bonchev–Trinajstić information content (AvgIpc) is 2.88. The molecule has 0 spiro atoms. The second-order valence-corrected chi connectivity index (χ2v) is 6.22. The van der Waals surface area contributed by atoms with E-state index in [1.165, 1.54) is 19.3 Å². The Morgan fingerprint density at radius 2 is 1.71 bits per heavy atom. The molecule has 1 N–H and O–H groups in total. The number of aliphatic carboxylic acids is 1. The van der Waals surface area contributed by atoms with Gasteiger partial charge in [0.15, 0.2) is 0 Å². The Labute approximate surface area is 126 Å². The van der Waals surface area contributed by atoms with Crippen LogP contribution < -0.4 is 0 Å². The van der Waals surface area contributed by atoms with Crippen LogP contribution in [0.1, 0.15) is 51.9 Å². The fourth-order valence-electron chi connectivity index (χ4n) is 3.58. The summed E-state index contributed by atoms with van der Waals surface area (Å²) in [6.07, 6.45) is 7.80. The van der Waals surface area contributed by atoms with Gasteiger partial charge in [0.1, 0.15) is 5.92 Å². The molecule has 0 aromatic heterocycles. The Bertz CT molecular complexity index is 363. The lowest BCUT2D eigenvalue weighted by Gasteiger charge is -2.33. The maximum Gasteiger partial charge on any atom is 0.311 e. The normalized spacial score (nSPS) is 27.9. The van der Waals surface area contributed by atoms with Gasteiger partial charge in [0.25, 0.3) is 0 Å². The largest absolute Gasteiger partial charge is 0.481 e. The number of amides is 1. The van der Waals surface area contributed by atoms with Crippen LogP contribution in [0.15, 0.2) is 0 Å². The Morgan fingerprint density at radius 1 is 1.10 bits per heavy atom. The van der Waals surface area contributed by atoms with Gasteiger partial charge in [-0.15, -0.1) is 0 Å². The Morgan fingerprint density at radius 3 is 2.29 bits per heavy atom. The first-order chi connectivity index (χ1) is 10.1. The van der Waals surface area contributed by atoms with Gasteiger partial charge < -0.3 is 14.7 Å². The summed E-state index contributed by atoms with van der Waals surface area (Å²) < 4.78 is 5.32. The van der Waals surface area contributed by atoms with E-state index in [0.29, 0.717) is 13.2 Å². The fraction of sp³-hybridized carbons (Fsp3) is 0.875. The second-order valence-electron chi connectivity index (χ2n) is 6.22. The highest BCUT2D eigenvalue weighted by Crippen LogP contribution is 2.27. The number of rotatable bonds is 4. The number of nitrogens with zero attached hydrogens (tertiary/aromatic N) is 1. The fourth-order valence-corrected chi connectivity index (χ4v) is 3.58. The van der Waals surface area contributed by atoms with E-state index in [9.17, 15) is 14.7 Å². The summed E-state index contributed by atoms with van der Waals surface area (Å²) in [5.74, 6) is -1.23. The summed E-state index contributed by atoms with van der Waals surface area (Å²) in [4.78, 5) is 25.9. The predicted molar refractivity (Wildman–Crippen MR) is 78.9 cm³/mol. The minimum absolute atomic E-state index is 0.0697. The molecule has 2 unspecified atom stereocenters. The molecule has 0 aromatic carbocycles. The molecule has 5 nitrogen and oxygen atoms in total. The molecule has 0 radical (unpaired) electrons. The summed E-state index contributed by atoms with van der Waals surface area (Å²) in [7, 11) is 0. The van der Waals surface area contributed by atoms with Gasteiger partial charge in [0.2, 0.25) is 5.91 Å². The van der Waals surface area contributed by atoms with Crippen LogP contribution in [0.2, 0.25) is 0 Å². The van der Waals surface area contributed by atoms with Gasteiger partial charge in [-0.1, -0.05) is 32.1 Å². The number of carboxylic acids is 1. The summed E-state index contributed by atoms with van der Waals surface area (Å²) in [5, 5.41) is 9.28. The summed E-state index contributed by atoms with van der Waals surface area (Å²) in [6.45, 7) is 3.06. The summed E-state index contributed by atoms with van der Waals surface area (Å²) >= 11 is 0. The molecular formula is C16H27NO4. The number of hydrogen-bond donors (Lipinski definition) is 1. The van der Waals surface area contributed by atoms with Gasteiger partial charge in [-0.05, 0) is 19.8 Å². The first-order valence-electron chi connectivity index (χ1n) is 8.26. The Hall–Kier alpha value is -1.10. The second kappa shape index (κ2) is 7.78. The third kappa shape index (κ3) is 3.96. The number of carboxylic acid groups (broad SMARTS) is 1. The van der Waals surface area contributed by atoms with Gasteiger partial charge >= 0.3 is 5.97 Å². The van der Waals surface area contributed by atoms with Crippen LogP contribution >= 0.6 is 0 Å². The standard InChI is InChI=1S/C16H27NO4/c1-2-17(14-11-21-10-13(14)16(19)20)15(18)12-8-6-4-3-5-7-9-12/h12-14H,2-11H2,1H3,(H,19,20). The molecule has 1 saturated heterocycles. The first-order valence-corrected chi connectivity index (χ1v) is 8.26. The van der Waals surface area contributed by atoms with E-state index in [1.54, 1.807) is 4.90 Å². The molecule has 120 valence electrons. The molecule has 1 aliphatic carbocycles. The smallest absolute Gasteiger partial charge is 0.311 e. The van der Waals surface area contributed by atoms with Crippen LogP contribution in [0.5, 0.6) is 0 Å². The van der Waals surface area contributed by atoms with Crippen LogP contribution in [0, 0.1) is 11.8 Å². The predicted octanol–water partition coefficient (Wildman–Crippen LogP) is 2.29. The molecule has 2 aliphatic rings. The molecular weight excluding hydrogens is 270 g/mol. The quantitative estimate of drug-likeness (QED) is 0.864. The average molecular weight is 297 g/mol. The monoisotopic (exact) mass is 297 g/mol. The summed E-state index contributed by atoms with van der Waals surface area (Å²) in [5.41, 5.74) is 0. The van der Waals surface area contributed by atoms with Crippen LogP contribution in [0.4, 0.5) is 0 Å². The molecule has 1 heterocycles. The van der Waals surface area contributed by atoms with Crippen molar-refractivity contribution in [2.75, 3.05) is 19.8 Å². The molecule has 0 bridgehead atoms. The summed E-state index contributed by atoms with van der Waals surface area (Å²) in [6, 6.07) is -0.301.